The van der Waals surface area contributed by atoms with E-state index in [1.807, 2.05) is 6.92 Å². The molecule has 0 radical (unpaired) electrons. The number of nitriles is 1. The molecule has 1 aromatic heterocycles. The predicted octanol–water partition coefficient (Wildman–Crippen LogP) is 3.49. The number of hydrogen-bond acceptors (Lipinski definition) is 5. The van der Waals surface area contributed by atoms with Gasteiger partial charge < -0.3 is 10.1 Å². The summed E-state index contributed by atoms with van der Waals surface area (Å²) in [5.74, 6) is 0.187. The van der Waals surface area contributed by atoms with Gasteiger partial charge in [0.15, 0.2) is 0 Å². The van der Waals surface area contributed by atoms with Crippen molar-refractivity contribution >= 4 is 33.7 Å². The number of nitrogens with zero attached hydrogens (tertiary/aromatic N) is 3. The molecule has 8 heteroatoms. The fourth-order valence-electron chi connectivity index (χ4n) is 2.82. The van der Waals surface area contributed by atoms with Crippen LogP contribution in [0.1, 0.15) is 39.7 Å². The standard InChI is InChI=1S/C18H23BrN4O3/c1-11-9-13(23(10-11)17(25)26-18(2,3)4)16(24)22-15-12(7-8-20)5-6-14(19)21-15/h5-6,11,13H,7,9-10H2,1-4H3,(H,21,22,24)/t11-,13-/m0/s1. The second-order valence-electron chi connectivity index (χ2n) is 7.46. The van der Waals surface area contributed by atoms with E-state index in [2.05, 4.69) is 32.3 Å². The van der Waals surface area contributed by atoms with E-state index in [1.165, 1.54) is 4.90 Å². The predicted molar refractivity (Wildman–Crippen MR) is 100 cm³/mol. The molecule has 0 aromatic carbocycles. The number of aromatic nitrogens is 1. The van der Waals surface area contributed by atoms with Crippen LogP contribution in [0, 0.1) is 17.2 Å². The van der Waals surface area contributed by atoms with E-state index in [4.69, 9.17) is 10.00 Å². The maximum Gasteiger partial charge on any atom is 0.410 e. The van der Waals surface area contributed by atoms with E-state index in [0.717, 1.165) is 0 Å². The van der Waals surface area contributed by atoms with E-state index in [1.54, 1.807) is 32.9 Å². The molecule has 0 bridgehead atoms. The van der Waals surface area contributed by atoms with Crippen LogP contribution in [0.2, 0.25) is 0 Å². The fraction of sp³-hybridized carbons (Fsp3) is 0.556. The topological polar surface area (TPSA) is 95.3 Å². The summed E-state index contributed by atoms with van der Waals surface area (Å²) in [5.41, 5.74) is -0.00522. The molecule has 0 unspecified atom stereocenters. The van der Waals surface area contributed by atoms with Crippen LogP contribution < -0.4 is 5.32 Å². The third-order valence-corrected chi connectivity index (χ3v) is 4.34. The zero-order valence-corrected chi connectivity index (χ0v) is 17.0. The third-order valence-electron chi connectivity index (χ3n) is 3.90. The minimum absolute atomic E-state index is 0.132. The average molecular weight is 423 g/mol. The molecule has 2 amide bonds. The third kappa shape index (κ3) is 5.18. The van der Waals surface area contributed by atoms with Crippen LogP contribution >= 0.6 is 15.9 Å². The first-order valence-corrected chi connectivity index (χ1v) is 9.23. The van der Waals surface area contributed by atoms with Gasteiger partial charge in [-0.2, -0.15) is 5.26 Å². The van der Waals surface area contributed by atoms with Gasteiger partial charge in [0.25, 0.3) is 0 Å². The fourth-order valence-corrected chi connectivity index (χ4v) is 3.13. The molecule has 0 spiro atoms. The summed E-state index contributed by atoms with van der Waals surface area (Å²) in [6, 6.07) is 4.88. The van der Waals surface area contributed by atoms with Gasteiger partial charge in [-0.15, -0.1) is 0 Å². The van der Waals surface area contributed by atoms with Gasteiger partial charge in [-0.1, -0.05) is 13.0 Å². The Labute approximate surface area is 161 Å². The molecular weight excluding hydrogens is 400 g/mol. The van der Waals surface area contributed by atoms with Crippen molar-refractivity contribution in [1.29, 1.82) is 5.26 Å². The van der Waals surface area contributed by atoms with E-state index >= 15 is 0 Å². The Morgan fingerprint density at radius 1 is 1.46 bits per heavy atom. The first kappa shape index (κ1) is 20.2. The van der Waals surface area contributed by atoms with Crippen molar-refractivity contribution in [3.05, 3.63) is 22.3 Å². The number of anilines is 1. The van der Waals surface area contributed by atoms with Crippen molar-refractivity contribution in [3.63, 3.8) is 0 Å². The highest BCUT2D eigenvalue weighted by molar-refractivity contribution is 9.10. The summed E-state index contributed by atoms with van der Waals surface area (Å²) in [6.45, 7) is 7.82. The molecule has 140 valence electrons. The average Bonchev–Trinajstić information content (AvgIpc) is 2.91. The SMILES string of the molecule is C[C@H]1C[C@@H](C(=O)Nc2nc(Br)ccc2CC#N)N(C(=O)OC(C)(C)C)C1. The summed E-state index contributed by atoms with van der Waals surface area (Å²) in [7, 11) is 0. The molecule has 1 aliphatic rings. The lowest BCUT2D eigenvalue weighted by atomic mass is 10.1. The summed E-state index contributed by atoms with van der Waals surface area (Å²) < 4.78 is 5.98. The van der Waals surface area contributed by atoms with Gasteiger partial charge in [0, 0.05) is 12.1 Å². The van der Waals surface area contributed by atoms with Gasteiger partial charge in [-0.25, -0.2) is 9.78 Å². The molecule has 1 saturated heterocycles. The minimum Gasteiger partial charge on any atom is -0.444 e. The second-order valence-corrected chi connectivity index (χ2v) is 8.27. The van der Waals surface area contributed by atoms with E-state index in [-0.39, 0.29) is 18.2 Å². The Balaban J connectivity index is 2.18. The number of hydrogen-bond donors (Lipinski definition) is 1. The van der Waals surface area contributed by atoms with E-state index in [0.29, 0.717) is 29.0 Å². The monoisotopic (exact) mass is 422 g/mol. The Hall–Kier alpha value is -2.14. The largest absolute Gasteiger partial charge is 0.444 e. The molecule has 0 aliphatic carbocycles. The number of pyridine rings is 1. The number of halogens is 1. The first-order chi connectivity index (χ1) is 12.1. The molecule has 2 atom stereocenters. The normalized spacial score (nSPS) is 19.8. The molecule has 1 aliphatic heterocycles. The smallest absolute Gasteiger partial charge is 0.410 e. The van der Waals surface area contributed by atoms with Crippen LogP contribution in [0.4, 0.5) is 10.6 Å². The molecule has 26 heavy (non-hydrogen) atoms. The number of nitrogens with one attached hydrogen (secondary N) is 1. The lowest BCUT2D eigenvalue weighted by Crippen LogP contribution is -2.45. The van der Waals surface area contributed by atoms with Crippen LogP contribution in [0.15, 0.2) is 16.7 Å². The second kappa shape index (κ2) is 8.04. The number of rotatable bonds is 3. The van der Waals surface area contributed by atoms with Crippen LogP contribution in [0.25, 0.3) is 0 Å². The van der Waals surface area contributed by atoms with Crippen molar-refractivity contribution in [2.24, 2.45) is 5.92 Å². The number of ether oxygens (including phenoxy) is 1. The lowest BCUT2D eigenvalue weighted by Gasteiger charge is -2.28. The van der Waals surface area contributed by atoms with E-state index < -0.39 is 17.7 Å². The van der Waals surface area contributed by atoms with Gasteiger partial charge in [-0.3, -0.25) is 9.69 Å². The Morgan fingerprint density at radius 2 is 2.15 bits per heavy atom. The van der Waals surface area contributed by atoms with Crippen molar-refractivity contribution in [2.75, 3.05) is 11.9 Å². The summed E-state index contributed by atoms with van der Waals surface area (Å²) in [5, 5.41) is 11.7. The van der Waals surface area contributed by atoms with Gasteiger partial charge in [0.1, 0.15) is 22.1 Å². The Kier molecular flexibility index (Phi) is 6.24. The maximum absolute atomic E-state index is 12.8. The quantitative estimate of drug-likeness (QED) is 0.751. The minimum atomic E-state index is -0.629. The molecule has 0 saturated carbocycles. The van der Waals surface area contributed by atoms with Crippen LogP contribution in [-0.4, -0.2) is 40.1 Å². The van der Waals surface area contributed by atoms with Crippen molar-refractivity contribution in [1.82, 2.24) is 9.88 Å². The molecule has 1 N–H and O–H groups in total. The van der Waals surface area contributed by atoms with Crippen molar-refractivity contribution < 1.29 is 14.3 Å². The molecule has 2 rings (SSSR count). The summed E-state index contributed by atoms with van der Waals surface area (Å²) >= 11 is 3.27. The molecule has 7 nitrogen and oxygen atoms in total. The zero-order valence-electron chi connectivity index (χ0n) is 15.4. The zero-order chi connectivity index (χ0) is 19.5. The lowest BCUT2D eigenvalue weighted by molar-refractivity contribution is -0.120. The Bertz CT molecular complexity index is 739. The van der Waals surface area contributed by atoms with Gasteiger partial charge in [0.2, 0.25) is 5.91 Å². The number of amides is 2. The van der Waals surface area contributed by atoms with Crippen LogP contribution in [-0.2, 0) is 16.0 Å². The van der Waals surface area contributed by atoms with Crippen molar-refractivity contribution in [2.45, 2.75) is 52.2 Å². The van der Waals surface area contributed by atoms with Crippen LogP contribution in [0.5, 0.6) is 0 Å². The number of likely N-dealkylation sites (tertiary alicyclic amines) is 1. The van der Waals surface area contributed by atoms with Gasteiger partial charge in [-0.05, 0) is 55.1 Å². The number of carbonyl (C=O) groups excluding carboxylic acids is 2. The van der Waals surface area contributed by atoms with Crippen molar-refractivity contribution in [3.8, 4) is 6.07 Å². The van der Waals surface area contributed by atoms with E-state index in [9.17, 15) is 9.59 Å². The van der Waals surface area contributed by atoms with Gasteiger partial charge >= 0.3 is 6.09 Å². The molecule has 1 fully saturated rings. The van der Waals surface area contributed by atoms with Gasteiger partial charge in [0.05, 0.1) is 12.5 Å². The van der Waals surface area contributed by atoms with Crippen LogP contribution in [0.3, 0.4) is 0 Å². The highest BCUT2D eigenvalue weighted by Crippen LogP contribution is 2.27. The molecule has 1 aromatic rings. The molecule has 2 heterocycles. The maximum atomic E-state index is 12.8. The summed E-state index contributed by atoms with van der Waals surface area (Å²) in [6.07, 6.45) is 0.181. The Morgan fingerprint density at radius 3 is 2.77 bits per heavy atom. The highest BCUT2D eigenvalue weighted by atomic mass is 79.9. The molecular formula is C18H23BrN4O3. The first-order valence-electron chi connectivity index (χ1n) is 8.43. The highest BCUT2D eigenvalue weighted by Gasteiger charge is 2.40. The number of carbonyl (C=O) groups is 2. The summed E-state index contributed by atoms with van der Waals surface area (Å²) in [4.78, 5) is 31.0.